The van der Waals surface area contributed by atoms with Crippen LogP contribution in [-0.2, 0) is 26.1 Å². The molecule has 0 unspecified atom stereocenters. The highest BCUT2D eigenvalue weighted by Gasteiger charge is 2.29. The third kappa shape index (κ3) is 5.62. The minimum atomic E-state index is -3.97. The second kappa shape index (κ2) is 9.49. The monoisotopic (exact) mass is 446 g/mol. The van der Waals surface area contributed by atoms with Gasteiger partial charge in [0.15, 0.2) is 6.10 Å². The molecule has 1 amide bonds. The van der Waals surface area contributed by atoms with Crippen LogP contribution in [0.3, 0.4) is 0 Å². The summed E-state index contributed by atoms with van der Waals surface area (Å²) < 4.78 is 38.0. The number of nitrogens with one attached hydrogen (secondary N) is 1. The van der Waals surface area contributed by atoms with E-state index >= 15 is 0 Å². The molecule has 1 aliphatic rings. The van der Waals surface area contributed by atoms with Crippen LogP contribution in [0.25, 0.3) is 0 Å². The summed E-state index contributed by atoms with van der Waals surface area (Å²) in [6.07, 6.45) is 0.849. The Morgan fingerprint density at radius 3 is 2.45 bits per heavy atom. The summed E-state index contributed by atoms with van der Waals surface area (Å²) in [6, 6.07) is 13.3. The molecular formula is C22H26N2O6S. The number of carbonyl (C=O) groups is 2. The molecule has 0 aromatic heterocycles. The molecule has 9 heteroatoms. The van der Waals surface area contributed by atoms with E-state index in [4.69, 9.17) is 9.47 Å². The van der Waals surface area contributed by atoms with E-state index in [0.29, 0.717) is 0 Å². The molecule has 1 aliphatic carbocycles. The van der Waals surface area contributed by atoms with Gasteiger partial charge < -0.3 is 14.8 Å². The van der Waals surface area contributed by atoms with Gasteiger partial charge in [0, 0.05) is 19.6 Å². The molecule has 0 radical (unpaired) electrons. The minimum Gasteiger partial charge on any atom is -0.495 e. The number of esters is 1. The molecule has 0 bridgehead atoms. The van der Waals surface area contributed by atoms with Crippen molar-refractivity contribution >= 4 is 21.9 Å². The number of methoxy groups -OCH3 is 1. The second-order valence-electron chi connectivity index (χ2n) is 7.44. The topological polar surface area (TPSA) is 102 Å². The molecule has 3 rings (SSSR count). The van der Waals surface area contributed by atoms with Crippen molar-refractivity contribution in [2.45, 2.75) is 43.4 Å². The molecule has 2 aromatic carbocycles. The third-order valence-electron chi connectivity index (χ3n) is 4.91. The van der Waals surface area contributed by atoms with Crippen molar-refractivity contribution in [3.63, 3.8) is 0 Å². The zero-order valence-corrected chi connectivity index (χ0v) is 18.5. The number of rotatable bonds is 9. The van der Waals surface area contributed by atoms with E-state index in [1.807, 2.05) is 30.3 Å². The molecule has 1 saturated carbocycles. The first-order valence-electron chi connectivity index (χ1n) is 9.92. The van der Waals surface area contributed by atoms with Gasteiger partial charge >= 0.3 is 5.97 Å². The van der Waals surface area contributed by atoms with Gasteiger partial charge in [0.25, 0.3) is 5.91 Å². The molecule has 1 fully saturated rings. The van der Waals surface area contributed by atoms with Gasteiger partial charge in [-0.15, -0.1) is 0 Å². The first-order chi connectivity index (χ1) is 14.7. The van der Waals surface area contributed by atoms with Crippen LogP contribution in [0.1, 0.15) is 35.7 Å². The van der Waals surface area contributed by atoms with Crippen molar-refractivity contribution in [2.75, 3.05) is 14.2 Å². The van der Waals surface area contributed by atoms with Crippen LogP contribution in [0.5, 0.6) is 5.75 Å². The summed E-state index contributed by atoms with van der Waals surface area (Å²) in [6.45, 7) is 1.63. The lowest BCUT2D eigenvalue weighted by Gasteiger charge is -2.20. The Morgan fingerprint density at radius 2 is 1.84 bits per heavy atom. The summed E-state index contributed by atoms with van der Waals surface area (Å²) >= 11 is 0. The number of sulfonamides is 1. The van der Waals surface area contributed by atoms with Crippen LogP contribution < -0.4 is 10.1 Å². The van der Waals surface area contributed by atoms with Crippen molar-refractivity contribution in [1.29, 1.82) is 0 Å². The molecule has 31 heavy (non-hydrogen) atoms. The normalized spacial score (nSPS) is 14.7. The SMILES string of the molecule is COc1ccc(C(=O)O[C@@H](C)C(=O)NC2CC2)cc1S(=O)(=O)N(C)Cc1ccccc1. The average molecular weight is 447 g/mol. The zero-order chi connectivity index (χ0) is 22.6. The highest BCUT2D eigenvalue weighted by atomic mass is 32.2. The fraction of sp³-hybridized carbons (Fsp3) is 0.364. The maximum atomic E-state index is 13.2. The van der Waals surface area contributed by atoms with E-state index in [9.17, 15) is 18.0 Å². The molecular weight excluding hydrogens is 420 g/mol. The van der Waals surface area contributed by atoms with Gasteiger partial charge in [0.2, 0.25) is 10.0 Å². The number of carbonyl (C=O) groups excluding carboxylic acids is 2. The maximum Gasteiger partial charge on any atom is 0.338 e. The number of nitrogens with zero attached hydrogens (tertiary/aromatic N) is 1. The molecule has 2 aromatic rings. The van der Waals surface area contributed by atoms with Crippen molar-refractivity contribution in [1.82, 2.24) is 9.62 Å². The van der Waals surface area contributed by atoms with Crippen molar-refractivity contribution in [2.24, 2.45) is 0 Å². The Bertz CT molecular complexity index is 1050. The summed E-state index contributed by atoms with van der Waals surface area (Å²) in [5.41, 5.74) is 0.831. The first kappa shape index (κ1) is 22.8. The van der Waals surface area contributed by atoms with Gasteiger partial charge in [0.05, 0.1) is 12.7 Å². The lowest BCUT2D eigenvalue weighted by atomic mass is 10.2. The lowest BCUT2D eigenvalue weighted by molar-refractivity contribution is -0.129. The number of ether oxygens (including phenoxy) is 2. The molecule has 0 spiro atoms. The van der Waals surface area contributed by atoms with Gasteiger partial charge in [-0.25, -0.2) is 13.2 Å². The zero-order valence-electron chi connectivity index (χ0n) is 17.7. The fourth-order valence-corrected chi connectivity index (χ4v) is 4.26. The summed E-state index contributed by atoms with van der Waals surface area (Å²) in [5.74, 6) is -1.06. The van der Waals surface area contributed by atoms with Crippen molar-refractivity contribution in [3.05, 3.63) is 59.7 Å². The van der Waals surface area contributed by atoms with Crippen LogP contribution in [0.2, 0.25) is 0 Å². The average Bonchev–Trinajstić information content (AvgIpc) is 3.57. The molecule has 0 aliphatic heterocycles. The van der Waals surface area contributed by atoms with Gasteiger partial charge in [-0.2, -0.15) is 4.31 Å². The lowest BCUT2D eigenvalue weighted by Crippen LogP contribution is -2.37. The third-order valence-corrected chi connectivity index (χ3v) is 6.74. The largest absolute Gasteiger partial charge is 0.495 e. The predicted octanol–water partition coefficient (Wildman–Crippen LogP) is 2.34. The minimum absolute atomic E-state index is 0.0126. The Kier molecular flexibility index (Phi) is 6.97. The molecule has 1 N–H and O–H groups in total. The van der Waals surface area contributed by atoms with Crippen molar-refractivity contribution < 1.29 is 27.5 Å². The van der Waals surface area contributed by atoms with E-state index < -0.39 is 22.1 Å². The summed E-state index contributed by atoms with van der Waals surface area (Å²) in [7, 11) is -1.16. The summed E-state index contributed by atoms with van der Waals surface area (Å²) in [4.78, 5) is 24.4. The van der Waals surface area contributed by atoms with Gasteiger partial charge in [0.1, 0.15) is 10.6 Å². The number of amides is 1. The van der Waals surface area contributed by atoms with Crippen LogP contribution in [0.15, 0.2) is 53.4 Å². The second-order valence-corrected chi connectivity index (χ2v) is 9.46. The Labute approximate surface area is 182 Å². The summed E-state index contributed by atoms with van der Waals surface area (Å²) in [5, 5.41) is 2.76. The smallest absolute Gasteiger partial charge is 0.338 e. The highest BCUT2D eigenvalue weighted by molar-refractivity contribution is 7.89. The Morgan fingerprint density at radius 1 is 1.16 bits per heavy atom. The van der Waals surface area contributed by atoms with Gasteiger partial charge in [-0.3, -0.25) is 4.79 Å². The molecule has 0 saturated heterocycles. The van der Waals surface area contributed by atoms with Gasteiger partial charge in [-0.1, -0.05) is 30.3 Å². The van der Waals surface area contributed by atoms with Crippen LogP contribution >= 0.6 is 0 Å². The predicted molar refractivity (Wildman–Crippen MR) is 114 cm³/mol. The maximum absolute atomic E-state index is 13.2. The van der Waals surface area contributed by atoms with Crippen LogP contribution in [0.4, 0.5) is 0 Å². The first-order valence-corrected chi connectivity index (χ1v) is 11.4. The van der Waals surface area contributed by atoms with E-state index in [-0.39, 0.29) is 34.7 Å². The molecule has 0 heterocycles. The van der Waals surface area contributed by atoms with E-state index in [0.717, 1.165) is 18.4 Å². The van der Waals surface area contributed by atoms with Crippen molar-refractivity contribution in [3.8, 4) is 5.75 Å². The Hall–Kier alpha value is -2.91. The molecule has 8 nitrogen and oxygen atoms in total. The number of hydrogen-bond acceptors (Lipinski definition) is 6. The van der Waals surface area contributed by atoms with E-state index in [1.54, 1.807) is 0 Å². The van der Waals surface area contributed by atoms with Crippen LogP contribution in [0, 0.1) is 0 Å². The number of hydrogen-bond donors (Lipinski definition) is 1. The molecule has 1 atom stereocenters. The standard InChI is InChI=1S/C22H26N2O6S/c1-15(21(25)23-18-10-11-18)30-22(26)17-9-12-19(29-3)20(13-17)31(27,28)24(2)14-16-7-5-4-6-8-16/h4-9,12-13,15,18H,10-11,14H2,1-3H3,(H,23,25)/t15-/m0/s1. The highest BCUT2D eigenvalue weighted by Crippen LogP contribution is 2.28. The van der Waals surface area contributed by atoms with E-state index in [1.165, 1.54) is 43.6 Å². The Balaban J connectivity index is 1.80. The molecule has 166 valence electrons. The van der Waals surface area contributed by atoms with E-state index in [2.05, 4.69) is 5.32 Å². The quantitative estimate of drug-likeness (QED) is 0.593. The fourth-order valence-electron chi connectivity index (χ4n) is 2.93. The number of benzene rings is 2. The van der Waals surface area contributed by atoms with Gasteiger partial charge in [-0.05, 0) is 43.5 Å². The van der Waals surface area contributed by atoms with Crippen LogP contribution in [-0.4, -0.2) is 50.9 Å².